The van der Waals surface area contributed by atoms with Crippen molar-refractivity contribution < 1.29 is 9.90 Å². The van der Waals surface area contributed by atoms with E-state index in [0.717, 1.165) is 13.0 Å². The number of rotatable bonds is 1. The summed E-state index contributed by atoms with van der Waals surface area (Å²) in [6, 6.07) is -0.153. The number of aliphatic hydroxyl groups is 1. The average molecular weight is 262 g/mol. The summed E-state index contributed by atoms with van der Waals surface area (Å²) in [6.07, 6.45) is 0.783. The first-order chi connectivity index (χ1) is 6.63. The van der Waals surface area contributed by atoms with Crippen LogP contribution in [0.15, 0.2) is 5.10 Å². The molecule has 2 heterocycles. The Hall–Kier alpha value is -0.620. The van der Waals surface area contributed by atoms with Crippen LogP contribution in [0.3, 0.4) is 0 Å². The Morgan fingerprint density at radius 3 is 3.07 bits per heavy atom. The van der Waals surface area contributed by atoms with Gasteiger partial charge in [0.25, 0.3) is 5.91 Å². The Morgan fingerprint density at radius 1 is 1.71 bits per heavy atom. The maximum atomic E-state index is 11.8. The minimum absolute atomic E-state index is 0.0194. The predicted molar refractivity (Wildman–Crippen MR) is 55.1 cm³/mol. The number of hydrogen-bond acceptors (Lipinski definition) is 4. The van der Waals surface area contributed by atoms with E-state index in [1.54, 1.807) is 12.1 Å². The monoisotopic (exact) mass is 261 g/mol. The molecule has 2 atom stereocenters. The summed E-state index contributed by atoms with van der Waals surface area (Å²) in [7, 11) is 1.65. The van der Waals surface area contributed by atoms with Crippen LogP contribution in [-0.2, 0) is 4.79 Å². The largest absolute Gasteiger partial charge is 0.388 e. The number of amidine groups is 1. The van der Waals surface area contributed by atoms with Crippen LogP contribution in [-0.4, -0.2) is 57.8 Å². The van der Waals surface area contributed by atoms with E-state index in [4.69, 9.17) is 5.11 Å². The molecule has 2 rings (SSSR count). The van der Waals surface area contributed by atoms with Crippen molar-refractivity contribution in [3.05, 3.63) is 0 Å². The van der Waals surface area contributed by atoms with Gasteiger partial charge in [-0.2, -0.15) is 5.10 Å². The van der Waals surface area contributed by atoms with Gasteiger partial charge in [0.2, 0.25) is 0 Å². The van der Waals surface area contributed by atoms with Crippen molar-refractivity contribution in [2.75, 3.05) is 20.2 Å². The molecule has 0 aromatic heterocycles. The fraction of sp³-hybridized carbons (Fsp3) is 0.750. The Bertz CT molecular complexity index is 294. The summed E-state index contributed by atoms with van der Waals surface area (Å²) in [5, 5.41) is 15.0. The number of aliphatic hydroxyl groups excluding tert-OH is 1. The van der Waals surface area contributed by atoms with Crippen molar-refractivity contribution in [2.24, 2.45) is 5.10 Å². The number of nitrogens with zero attached hydrogens (tertiary/aromatic N) is 3. The van der Waals surface area contributed by atoms with Crippen LogP contribution in [0.25, 0.3) is 0 Å². The molecule has 2 aliphatic rings. The van der Waals surface area contributed by atoms with Crippen LogP contribution < -0.4 is 0 Å². The smallest absolute Gasteiger partial charge is 0.252 e. The first kappa shape index (κ1) is 9.92. The minimum atomic E-state index is -0.196. The van der Waals surface area contributed by atoms with Crippen molar-refractivity contribution in [3.8, 4) is 0 Å². The maximum absolute atomic E-state index is 11.8. The number of alkyl halides is 1. The minimum Gasteiger partial charge on any atom is -0.388 e. The van der Waals surface area contributed by atoms with Crippen molar-refractivity contribution >= 4 is 27.7 Å². The summed E-state index contributed by atoms with van der Waals surface area (Å²) < 4.78 is 0. The lowest BCUT2D eigenvalue weighted by atomic mass is 10.2. The number of halogens is 1. The highest BCUT2D eigenvalue weighted by Crippen LogP contribution is 2.27. The molecule has 14 heavy (non-hydrogen) atoms. The van der Waals surface area contributed by atoms with E-state index in [-0.39, 0.29) is 18.6 Å². The third-order valence-corrected chi connectivity index (χ3v) is 3.28. The molecule has 6 heteroatoms. The van der Waals surface area contributed by atoms with E-state index in [2.05, 4.69) is 21.0 Å². The van der Waals surface area contributed by atoms with Gasteiger partial charge < -0.3 is 5.11 Å². The normalized spacial score (nSPS) is 31.9. The first-order valence-electron chi connectivity index (χ1n) is 4.50. The molecule has 2 aliphatic heterocycles. The highest BCUT2D eigenvalue weighted by atomic mass is 79.9. The number of carbonyl (C=O) groups is 1. The van der Waals surface area contributed by atoms with Crippen LogP contribution >= 0.6 is 15.9 Å². The zero-order chi connectivity index (χ0) is 10.3. The summed E-state index contributed by atoms with van der Waals surface area (Å²) in [4.78, 5) is 13.5. The van der Waals surface area contributed by atoms with Gasteiger partial charge in [0, 0.05) is 18.4 Å². The molecule has 78 valence electrons. The van der Waals surface area contributed by atoms with E-state index in [1.807, 2.05) is 0 Å². The highest BCUT2D eigenvalue weighted by molar-refractivity contribution is 9.09. The molecule has 1 saturated heterocycles. The highest BCUT2D eigenvalue weighted by Gasteiger charge is 2.40. The topological polar surface area (TPSA) is 56.1 Å². The van der Waals surface area contributed by atoms with Gasteiger partial charge in [-0.25, -0.2) is 0 Å². The maximum Gasteiger partial charge on any atom is 0.252 e. The van der Waals surface area contributed by atoms with Gasteiger partial charge in [-0.05, 0) is 6.42 Å². The fourth-order valence-corrected chi connectivity index (χ4v) is 2.46. The predicted octanol–water partition coefficient (Wildman–Crippen LogP) is -0.398. The lowest BCUT2D eigenvalue weighted by Crippen LogP contribution is -2.51. The van der Waals surface area contributed by atoms with Gasteiger partial charge in [0.1, 0.15) is 12.6 Å². The summed E-state index contributed by atoms with van der Waals surface area (Å²) in [5.41, 5.74) is 0. The van der Waals surface area contributed by atoms with Crippen molar-refractivity contribution in [1.82, 2.24) is 9.91 Å². The van der Waals surface area contributed by atoms with Crippen LogP contribution in [0.5, 0.6) is 0 Å². The Balaban J connectivity index is 2.27. The number of hydrazone groups is 1. The molecule has 1 N–H and O–H groups in total. The first-order valence-corrected chi connectivity index (χ1v) is 5.41. The number of carbonyl (C=O) groups excluding carboxylic acids is 1. The van der Waals surface area contributed by atoms with Crippen molar-refractivity contribution in [2.45, 2.75) is 17.3 Å². The van der Waals surface area contributed by atoms with Crippen LogP contribution in [0.4, 0.5) is 0 Å². The summed E-state index contributed by atoms with van der Waals surface area (Å²) >= 11 is 3.47. The van der Waals surface area contributed by atoms with Crippen LogP contribution in [0.2, 0.25) is 0 Å². The lowest BCUT2D eigenvalue weighted by molar-refractivity contribution is -0.132. The van der Waals surface area contributed by atoms with Gasteiger partial charge in [-0.15, -0.1) is 0 Å². The molecule has 0 aromatic carbocycles. The van der Waals surface area contributed by atoms with Gasteiger partial charge >= 0.3 is 0 Å². The number of amides is 1. The quantitative estimate of drug-likeness (QED) is 0.654. The van der Waals surface area contributed by atoms with E-state index in [9.17, 15) is 4.79 Å². The second-order valence-electron chi connectivity index (χ2n) is 3.54. The molecular formula is C8H12BrN3O2. The number of likely N-dealkylation sites (N-methyl/N-ethyl adjacent to an activating group) is 1. The third kappa shape index (κ3) is 1.42. The molecule has 2 unspecified atom stereocenters. The molecule has 0 aliphatic carbocycles. The van der Waals surface area contributed by atoms with Crippen molar-refractivity contribution in [3.63, 3.8) is 0 Å². The van der Waals surface area contributed by atoms with Gasteiger partial charge in [0.05, 0.1) is 0 Å². The zero-order valence-electron chi connectivity index (χ0n) is 7.85. The Labute approximate surface area is 90.5 Å². The SMILES string of the molecule is CN1C(=O)C2CC(Br)CN2N=C1CO. The summed E-state index contributed by atoms with van der Waals surface area (Å²) in [6.45, 7) is 0.534. The van der Waals surface area contributed by atoms with E-state index in [1.165, 1.54) is 4.90 Å². The second-order valence-corrected chi connectivity index (χ2v) is 4.84. The Kier molecular flexibility index (Phi) is 2.48. The van der Waals surface area contributed by atoms with E-state index < -0.39 is 0 Å². The molecule has 0 saturated carbocycles. The zero-order valence-corrected chi connectivity index (χ0v) is 9.44. The average Bonchev–Trinajstić information content (AvgIpc) is 2.52. The molecule has 1 amide bonds. The van der Waals surface area contributed by atoms with Gasteiger partial charge in [0.15, 0.2) is 5.84 Å². The van der Waals surface area contributed by atoms with Crippen LogP contribution in [0, 0.1) is 0 Å². The molecule has 0 aromatic rings. The Morgan fingerprint density at radius 2 is 2.43 bits per heavy atom. The van der Waals surface area contributed by atoms with Gasteiger partial charge in [-0.1, -0.05) is 15.9 Å². The molecular weight excluding hydrogens is 250 g/mol. The standard InChI is InChI=1S/C8H12BrN3O2/c1-11-7(4-13)10-12-3-5(9)2-6(12)8(11)14/h5-6,13H,2-4H2,1H3. The second kappa shape index (κ2) is 3.51. The molecule has 5 nitrogen and oxygen atoms in total. The molecule has 0 bridgehead atoms. The van der Waals surface area contributed by atoms with Crippen LogP contribution in [0.1, 0.15) is 6.42 Å². The van der Waals surface area contributed by atoms with Crippen molar-refractivity contribution in [1.29, 1.82) is 0 Å². The molecule has 0 radical (unpaired) electrons. The molecule has 1 fully saturated rings. The fourth-order valence-electron chi connectivity index (χ4n) is 1.81. The third-order valence-electron chi connectivity index (χ3n) is 2.61. The number of hydrogen-bond donors (Lipinski definition) is 1. The molecule has 0 spiro atoms. The summed E-state index contributed by atoms with van der Waals surface area (Å²) in [5.74, 6) is 0.443. The van der Waals surface area contributed by atoms with E-state index in [0.29, 0.717) is 10.7 Å². The van der Waals surface area contributed by atoms with Gasteiger partial charge in [-0.3, -0.25) is 14.7 Å². The lowest BCUT2D eigenvalue weighted by Gasteiger charge is -2.32. The van der Waals surface area contributed by atoms with E-state index >= 15 is 0 Å². The number of fused-ring (bicyclic) bond motifs is 1.